The number of aromatic nitrogens is 2. The first-order chi connectivity index (χ1) is 8.52. The van der Waals surface area contributed by atoms with Crippen LogP contribution in [0.3, 0.4) is 0 Å². The lowest BCUT2D eigenvalue weighted by Crippen LogP contribution is -2.40. The van der Waals surface area contributed by atoms with Crippen molar-refractivity contribution < 1.29 is 0 Å². The molecule has 0 radical (unpaired) electrons. The quantitative estimate of drug-likeness (QED) is 0.897. The highest BCUT2D eigenvalue weighted by molar-refractivity contribution is 5.66. The SMILES string of the molecule is CCCn1nc(C)c(N)c1N1CC(C)CC(C)C1. The normalized spacial score (nSPS) is 24.6. The molecule has 1 aromatic heterocycles. The van der Waals surface area contributed by atoms with Gasteiger partial charge >= 0.3 is 0 Å². The van der Waals surface area contributed by atoms with Crippen LogP contribution in [0, 0.1) is 18.8 Å². The summed E-state index contributed by atoms with van der Waals surface area (Å²) < 4.78 is 2.09. The summed E-state index contributed by atoms with van der Waals surface area (Å²) in [6.07, 6.45) is 2.41. The van der Waals surface area contributed by atoms with Crippen LogP contribution in [0.1, 0.15) is 39.3 Å². The Bertz CT molecular complexity index is 400. The van der Waals surface area contributed by atoms with Crippen molar-refractivity contribution in [3.05, 3.63) is 5.69 Å². The van der Waals surface area contributed by atoms with Crippen molar-refractivity contribution in [2.45, 2.75) is 47.1 Å². The maximum atomic E-state index is 6.23. The van der Waals surface area contributed by atoms with Gasteiger partial charge in [0.1, 0.15) is 0 Å². The van der Waals surface area contributed by atoms with E-state index in [9.17, 15) is 0 Å². The van der Waals surface area contributed by atoms with E-state index in [1.165, 1.54) is 6.42 Å². The zero-order valence-electron chi connectivity index (χ0n) is 12.1. The van der Waals surface area contributed by atoms with Crippen molar-refractivity contribution in [3.8, 4) is 0 Å². The van der Waals surface area contributed by atoms with Crippen LogP contribution in [0.15, 0.2) is 0 Å². The van der Waals surface area contributed by atoms with Crippen molar-refractivity contribution in [1.29, 1.82) is 0 Å². The molecule has 1 fully saturated rings. The van der Waals surface area contributed by atoms with Gasteiger partial charge in [0.25, 0.3) is 0 Å². The summed E-state index contributed by atoms with van der Waals surface area (Å²) in [7, 11) is 0. The van der Waals surface area contributed by atoms with Crippen molar-refractivity contribution in [2.24, 2.45) is 11.8 Å². The van der Waals surface area contributed by atoms with E-state index in [2.05, 4.69) is 35.5 Å². The molecular formula is C14H26N4. The number of nitrogens with two attached hydrogens (primary N) is 1. The highest BCUT2D eigenvalue weighted by Gasteiger charge is 2.26. The number of hydrogen-bond acceptors (Lipinski definition) is 3. The van der Waals surface area contributed by atoms with Crippen LogP contribution in [-0.4, -0.2) is 22.9 Å². The zero-order chi connectivity index (χ0) is 13.3. The molecule has 2 atom stereocenters. The van der Waals surface area contributed by atoms with Crippen LogP contribution in [-0.2, 0) is 6.54 Å². The van der Waals surface area contributed by atoms with Crippen LogP contribution >= 0.6 is 0 Å². The molecule has 2 heterocycles. The van der Waals surface area contributed by atoms with Crippen molar-refractivity contribution >= 4 is 11.5 Å². The summed E-state index contributed by atoms with van der Waals surface area (Å²) in [6.45, 7) is 12.0. The Balaban J connectivity index is 2.30. The molecule has 0 amide bonds. The third-order valence-electron chi connectivity index (χ3n) is 3.75. The van der Waals surface area contributed by atoms with Crippen LogP contribution in [0.4, 0.5) is 11.5 Å². The minimum absolute atomic E-state index is 0.735. The fourth-order valence-electron chi connectivity index (χ4n) is 3.12. The predicted octanol–water partition coefficient (Wildman–Crippen LogP) is 2.67. The number of nitrogens with zero attached hydrogens (tertiary/aromatic N) is 3. The molecule has 2 rings (SSSR count). The summed E-state index contributed by atoms with van der Waals surface area (Å²) >= 11 is 0. The van der Waals surface area contributed by atoms with Gasteiger partial charge in [0, 0.05) is 19.6 Å². The van der Waals surface area contributed by atoms with Gasteiger partial charge in [-0.25, -0.2) is 4.68 Å². The van der Waals surface area contributed by atoms with Gasteiger partial charge in [-0.1, -0.05) is 20.8 Å². The number of rotatable bonds is 3. The smallest absolute Gasteiger partial charge is 0.150 e. The molecule has 0 saturated carbocycles. The van der Waals surface area contributed by atoms with E-state index in [-0.39, 0.29) is 0 Å². The van der Waals surface area contributed by atoms with Crippen molar-refractivity contribution in [2.75, 3.05) is 23.7 Å². The van der Waals surface area contributed by atoms with E-state index in [0.29, 0.717) is 0 Å². The number of nitrogen functional groups attached to an aromatic ring is 1. The summed E-state index contributed by atoms with van der Waals surface area (Å²) in [6, 6.07) is 0. The Labute approximate surface area is 110 Å². The van der Waals surface area contributed by atoms with Gasteiger partial charge in [0.05, 0.1) is 11.4 Å². The van der Waals surface area contributed by atoms with Gasteiger partial charge in [-0.2, -0.15) is 5.10 Å². The molecule has 4 heteroatoms. The molecule has 1 aromatic rings. The maximum Gasteiger partial charge on any atom is 0.150 e. The highest BCUT2D eigenvalue weighted by atomic mass is 15.4. The predicted molar refractivity (Wildman–Crippen MR) is 76.8 cm³/mol. The first kappa shape index (κ1) is 13.2. The molecule has 2 unspecified atom stereocenters. The second-order valence-electron chi connectivity index (χ2n) is 5.90. The van der Waals surface area contributed by atoms with Crippen molar-refractivity contribution in [1.82, 2.24) is 9.78 Å². The maximum absolute atomic E-state index is 6.23. The van der Waals surface area contributed by atoms with Gasteiger partial charge in [-0.15, -0.1) is 0 Å². The minimum Gasteiger partial charge on any atom is -0.394 e. The summed E-state index contributed by atoms with van der Waals surface area (Å²) in [4.78, 5) is 2.43. The molecule has 0 bridgehead atoms. The first-order valence-electron chi connectivity index (χ1n) is 7.10. The molecule has 18 heavy (non-hydrogen) atoms. The van der Waals surface area contributed by atoms with E-state index in [4.69, 9.17) is 5.73 Å². The second-order valence-corrected chi connectivity index (χ2v) is 5.90. The molecule has 0 aliphatic carbocycles. The van der Waals surface area contributed by atoms with Crippen molar-refractivity contribution in [3.63, 3.8) is 0 Å². The van der Waals surface area contributed by atoms with Gasteiger partial charge in [-0.05, 0) is 31.6 Å². The molecule has 4 nitrogen and oxygen atoms in total. The fourth-order valence-corrected chi connectivity index (χ4v) is 3.12. The average Bonchev–Trinajstić information content (AvgIpc) is 2.54. The minimum atomic E-state index is 0.735. The monoisotopic (exact) mass is 250 g/mol. The standard InChI is InChI=1S/C14H26N4/c1-5-6-18-14(13(15)12(4)16-18)17-8-10(2)7-11(3)9-17/h10-11H,5-9,15H2,1-4H3. The topological polar surface area (TPSA) is 47.1 Å². The lowest BCUT2D eigenvalue weighted by Gasteiger charge is -2.36. The molecule has 102 valence electrons. The fraction of sp³-hybridized carbons (Fsp3) is 0.786. The summed E-state index contributed by atoms with van der Waals surface area (Å²) in [5.41, 5.74) is 8.06. The summed E-state index contributed by atoms with van der Waals surface area (Å²) in [5, 5.41) is 4.58. The molecule has 1 saturated heterocycles. The molecule has 2 N–H and O–H groups in total. The van der Waals surface area contributed by atoms with Gasteiger partial charge < -0.3 is 10.6 Å². The molecular weight excluding hydrogens is 224 g/mol. The second kappa shape index (κ2) is 5.21. The lowest BCUT2D eigenvalue weighted by atomic mass is 9.92. The Morgan fingerprint density at radius 1 is 1.28 bits per heavy atom. The van der Waals surface area contributed by atoms with Crippen LogP contribution in [0.25, 0.3) is 0 Å². The Kier molecular flexibility index (Phi) is 3.83. The number of anilines is 2. The van der Waals surface area contributed by atoms with E-state index >= 15 is 0 Å². The third kappa shape index (κ3) is 2.47. The number of piperidine rings is 1. The highest BCUT2D eigenvalue weighted by Crippen LogP contribution is 2.32. The molecule has 1 aliphatic rings. The van der Waals surface area contributed by atoms with E-state index in [0.717, 1.165) is 55.1 Å². The Morgan fingerprint density at radius 2 is 1.89 bits per heavy atom. The Morgan fingerprint density at radius 3 is 2.44 bits per heavy atom. The molecule has 0 aromatic carbocycles. The number of aryl methyl sites for hydroxylation is 2. The molecule has 0 spiro atoms. The number of hydrogen-bond donors (Lipinski definition) is 1. The average molecular weight is 250 g/mol. The van der Waals surface area contributed by atoms with Gasteiger partial charge in [0.15, 0.2) is 5.82 Å². The largest absolute Gasteiger partial charge is 0.394 e. The van der Waals surface area contributed by atoms with Gasteiger partial charge in [0.2, 0.25) is 0 Å². The zero-order valence-corrected chi connectivity index (χ0v) is 12.1. The van der Waals surface area contributed by atoms with E-state index in [1.807, 2.05) is 6.92 Å². The van der Waals surface area contributed by atoms with E-state index in [1.54, 1.807) is 0 Å². The third-order valence-corrected chi connectivity index (χ3v) is 3.75. The Hall–Kier alpha value is -1.19. The summed E-state index contributed by atoms with van der Waals surface area (Å²) in [5.74, 6) is 2.62. The van der Waals surface area contributed by atoms with Gasteiger partial charge in [-0.3, -0.25) is 0 Å². The van der Waals surface area contributed by atoms with E-state index < -0.39 is 0 Å². The van der Waals surface area contributed by atoms with Crippen LogP contribution in [0.2, 0.25) is 0 Å². The molecule has 1 aliphatic heterocycles. The van der Waals surface area contributed by atoms with Crippen LogP contribution < -0.4 is 10.6 Å². The first-order valence-corrected chi connectivity index (χ1v) is 7.10. The van der Waals surface area contributed by atoms with Crippen LogP contribution in [0.5, 0.6) is 0 Å². The lowest BCUT2D eigenvalue weighted by molar-refractivity contribution is 0.352.